The lowest BCUT2D eigenvalue weighted by atomic mass is 10.1. The van der Waals surface area contributed by atoms with Gasteiger partial charge >= 0.3 is 0 Å². The second kappa shape index (κ2) is 7.97. The van der Waals surface area contributed by atoms with Gasteiger partial charge in [-0.1, -0.05) is 17.9 Å². The van der Waals surface area contributed by atoms with Crippen molar-refractivity contribution in [3.05, 3.63) is 29.3 Å². The van der Waals surface area contributed by atoms with Gasteiger partial charge in [-0.15, -0.1) is 0 Å². The van der Waals surface area contributed by atoms with Crippen LogP contribution in [0.2, 0.25) is 0 Å². The van der Waals surface area contributed by atoms with Crippen LogP contribution in [0.25, 0.3) is 0 Å². The van der Waals surface area contributed by atoms with Crippen molar-refractivity contribution in [1.82, 2.24) is 5.32 Å². The summed E-state index contributed by atoms with van der Waals surface area (Å²) in [5.74, 6) is 5.19. The molecule has 1 aromatic carbocycles. The average molecular weight is 274 g/mol. The lowest BCUT2D eigenvalue weighted by Gasteiger charge is -2.09. The number of amides is 2. The smallest absolute Gasteiger partial charge is 0.243 e. The molecule has 0 aliphatic rings. The van der Waals surface area contributed by atoms with E-state index < -0.39 is 0 Å². The Labute approximate surface area is 118 Å². The van der Waals surface area contributed by atoms with Gasteiger partial charge in [-0.3, -0.25) is 9.59 Å². The van der Waals surface area contributed by atoms with Crippen molar-refractivity contribution in [2.45, 2.75) is 20.3 Å². The van der Waals surface area contributed by atoms with Gasteiger partial charge in [-0.25, -0.2) is 0 Å². The monoisotopic (exact) mass is 274 g/mol. The number of benzene rings is 1. The highest BCUT2D eigenvalue weighted by Gasteiger charge is 2.05. The first kappa shape index (κ1) is 15.7. The molecule has 20 heavy (non-hydrogen) atoms. The quantitative estimate of drug-likeness (QED) is 0.711. The summed E-state index contributed by atoms with van der Waals surface area (Å²) in [6, 6.07) is 5.48. The Morgan fingerprint density at radius 3 is 2.75 bits per heavy atom. The van der Waals surface area contributed by atoms with Gasteiger partial charge in [0.2, 0.25) is 11.8 Å². The molecule has 0 heterocycles. The first-order valence-electron chi connectivity index (χ1n) is 6.27. The fourth-order valence-corrected chi connectivity index (χ4v) is 1.45. The Morgan fingerprint density at radius 2 is 2.10 bits per heavy atom. The zero-order chi connectivity index (χ0) is 15.0. The van der Waals surface area contributed by atoms with Crippen LogP contribution >= 0.6 is 0 Å². The van der Waals surface area contributed by atoms with Gasteiger partial charge in [0.1, 0.15) is 0 Å². The molecule has 1 aromatic rings. The fourth-order valence-electron chi connectivity index (χ4n) is 1.45. The van der Waals surface area contributed by atoms with Crippen LogP contribution in [0.3, 0.4) is 0 Å². The summed E-state index contributed by atoms with van der Waals surface area (Å²) in [4.78, 5) is 22.4. The minimum Gasteiger partial charge on any atom is -0.395 e. The first-order valence-corrected chi connectivity index (χ1v) is 6.27. The summed E-state index contributed by atoms with van der Waals surface area (Å²) in [6.45, 7) is 3.20. The second-order valence-corrected chi connectivity index (χ2v) is 4.26. The largest absolute Gasteiger partial charge is 0.395 e. The number of rotatable bonds is 4. The fraction of sp³-hybridized carbons (Fsp3) is 0.333. The number of aryl methyl sites for hydroxylation is 1. The van der Waals surface area contributed by atoms with Crippen LogP contribution in [0.4, 0.5) is 5.69 Å². The molecule has 5 nitrogen and oxygen atoms in total. The van der Waals surface area contributed by atoms with E-state index in [9.17, 15) is 9.59 Å². The van der Waals surface area contributed by atoms with E-state index in [0.717, 1.165) is 11.1 Å². The van der Waals surface area contributed by atoms with Crippen molar-refractivity contribution in [1.29, 1.82) is 0 Å². The van der Waals surface area contributed by atoms with E-state index in [0.29, 0.717) is 12.1 Å². The standard InChI is InChI=1S/C15H18N2O3/c1-11-6-7-13(5-3-4-8-18)9-14(11)17-15(20)10-16-12(2)19/h6-7,9,18H,4,8,10H2,1-2H3,(H,16,19)(H,17,20). The van der Waals surface area contributed by atoms with Gasteiger partial charge < -0.3 is 15.7 Å². The number of hydrogen-bond acceptors (Lipinski definition) is 3. The molecule has 0 fully saturated rings. The van der Waals surface area contributed by atoms with E-state index in [1.165, 1.54) is 6.92 Å². The van der Waals surface area contributed by atoms with Crippen LogP contribution < -0.4 is 10.6 Å². The van der Waals surface area contributed by atoms with Gasteiger partial charge in [0.25, 0.3) is 0 Å². The molecule has 0 unspecified atom stereocenters. The third kappa shape index (κ3) is 5.55. The first-order chi connectivity index (χ1) is 9.52. The maximum Gasteiger partial charge on any atom is 0.243 e. The van der Waals surface area contributed by atoms with Crippen molar-refractivity contribution in [3.8, 4) is 11.8 Å². The van der Waals surface area contributed by atoms with E-state index in [2.05, 4.69) is 22.5 Å². The Morgan fingerprint density at radius 1 is 1.35 bits per heavy atom. The molecule has 0 aromatic heterocycles. The zero-order valence-electron chi connectivity index (χ0n) is 11.6. The predicted molar refractivity (Wildman–Crippen MR) is 77.1 cm³/mol. The van der Waals surface area contributed by atoms with Gasteiger partial charge in [0.15, 0.2) is 0 Å². The summed E-state index contributed by atoms with van der Waals surface area (Å²) >= 11 is 0. The van der Waals surface area contributed by atoms with Crippen molar-refractivity contribution in [2.75, 3.05) is 18.5 Å². The molecule has 0 bridgehead atoms. The van der Waals surface area contributed by atoms with Crippen molar-refractivity contribution < 1.29 is 14.7 Å². The minimum atomic E-state index is -0.288. The highest BCUT2D eigenvalue weighted by Crippen LogP contribution is 2.16. The van der Waals surface area contributed by atoms with Crippen LogP contribution in [-0.2, 0) is 9.59 Å². The van der Waals surface area contributed by atoms with Crippen molar-refractivity contribution >= 4 is 17.5 Å². The zero-order valence-corrected chi connectivity index (χ0v) is 11.6. The molecule has 0 aliphatic heterocycles. The molecular formula is C15H18N2O3. The minimum absolute atomic E-state index is 0.0270. The van der Waals surface area contributed by atoms with Gasteiger partial charge in [-0.05, 0) is 24.6 Å². The third-order valence-electron chi connectivity index (χ3n) is 2.48. The number of hydrogen-bond donors (Lipinski definition) is 3. The van der Waals surface area contributed by atoms with Crippen LogP contribution in [-0.4, -0.2) is 30.1 Å². The lowest BCUT2D eigenvalue weighted by Crippen LogP contribution is -2.31. The number of carbonyl (C=O) groups excluding carboxylic acids is 2. The molecular weight excluding hydrogens is 256 g/mol. The molecule has 0 saturated heterocycles. The Bertz CT molecular complexity index is 556. The summed E-state index contributed by atoms with van der Waals surface area (Å²) in [5, 5.41) is 13.8. The number of aliphatic hydroxyl groups excluding tert-OH is 1. The normalized spacial score (nSPS) is 9.35. The summed E-state index contributed by atoms with van der Waals surface area (Å²) in [6.07, 6.45) is 0.415. The highest BCUT2D eigenvalue weighted by atomic mass is 16.2. The molecule has 106 valence electrons. The van der Waals surface area contributed by atoms with E-state index >= 15 is 0 Å². The van der Waals surface area contributed by atoms with Gasteiger partial charge in [0, 0.05) is 24.6 Å². The predicted octanol–water partition coefficient (Wildman–Crippen LogP) is 0.804. The molecule has 0 spiro atoms. The maximum absolute atomic E-state index is 11.6. The Balaban J connectivity index is 2.74. The molecule has 5 heteroatoms. The summed E-state index contributed by atoms with van der Waals surface area (Å²) in [5.41, 5.74) is 2.34. The average Bonchev–Trinajstić information content (AvgIpc) is 2.40. The molecule has 0 radical (unpaired) electrons. The van der Waals surface area contributed by atoms with Crippen LogP contribution in [0.5, 0.6) is 0 Å². The van der Waals surface area contributed by atoms with E-state index in [1.807, 2.05) is 19.1 Å². The van der Waals surface area contributed by atoms with E-state index in [4.69, 9.17) is 5.11 Å². The molecule has 3 N–H and O–H groups in total. The van der Waals surface area contributed by atoms with E-state index in [1.54, 1.807) is 6.07 Å². The molecule has 1 rings (SSSR count). The Kier molecular flexibility index (Phi) is 6.27. The van der Waals surface area contributed by atoms with Crippen LogP contribution in [0.15, 0.2) is 18.2 Å². The third-order valence-corrected chi connectivity index (χ3v) is 2.48. The number of anilines is 1. The highest BCUT2D eigenvalue weighted by molar-refractivity contribution is 5.95. The maximum atomic E-state index is 11.6. The molecule has 2 amide bonds. The number of nitrogens with one attached hydrogen (secondary N) is 2. The molecule has 0 aliphatic carbocycles. The number of carbonyl (C=O) groups is 2. The van der Waals surface area contributed by atoms with Crippen LogP contribution in [0.1, 0.15) is 24.5 Å². The van der Waals surface area contributed by atoms with E-state index in [-0.39, 0.29) is 25.0 Å². The summed E-state index contributed by atoms with van der Waals surface area (Å²) in [7, 11) is 0. The topological polar surface area (TPSA) is 78.4 Å². The van der Waals surface area contributed by atoms with Gasteiger partial charge in [0.05, 0.1) is 13.2 Å². The Hall–Kier alpha value is -2.32. The molecule has 0 atom stereocenters. The van der Waals surface area contributed by atoms with Crippen molar-refractivity contribution in [3.63, 3.8) is 0 Å². The molecule has 0 saturated carbocycles. The summed E-state index contributed by atoms with van der Waals surface area (Å²) < 4.78 is 0. The number of aliphatic hydroxyl groups is 1. The SMILES string of the molecule is CC(=O)NCC(=O)Nc1cc(C#CCCO)ccc1C. The van der Waals surface area contributed by atoms with Crippen LogP contribution in [0, 0.1) is 18.8 Å². The lowest BCUT2D eigenvalue weighted by molar-refractivity contribution is -0.122. The van der Waals surface area contributed by atoms with Crippen molar-refractivity contribution in [2.24, 2.45) is 0 Å². The second-order valence-electron chi connectivity index (χ2n) is 4.26. The van der Waals surface area contributed by atoms with Gasteiger partial charge in [-0.2, -0.15) is 0 Å².